The van der Waals surface area contributed by atoms with E-state index in [1.165, 1.54) is 38.5 Å². The van der Waals surface area contributed by atoms with Gasteiger partial charge in [0, 0.05) is 19.3 Å². The van der Waals surface area contributed by atoms with Gasteiger partial charge in [0.2, 0.25) is 0 Å². The van der Waals surface area contributed by atoms with Crippen molar-refractivity contribution in [2.75, 3.05) is 13.2 Å². The highest BCUT2D eigenvalue weighted by molar-refractivity contribution is 5.71. The fourth-order valence-electron chi connectivity index (χ4n) is 5.23. The molecule has 1 atom stereocenters. The Bertz CT molecular complexity index is 944. The maximum atomic E-state index is 12.5. The van der Waals surface area contributed by atoms with Crippen molar-refractivity contribution < 1.29 is 28.6 Å². The number of hydrogen-bond donors (Lipinski definition) is 0. The summed E-state index contributed by atoms with van der Waals surface area (Å²) in [5.41, 5.74) is 0. The summed E-state index contributed by atoms with van der Waals surface area (Å²) in [6.07, 6.45) is 45.3. The Labute approximate surface area is 307 Å². The third kappa shape index (κ3) is 36.4. The van der Waals surface area contributed by atoms with E-state index in [4.69, 9.17) is 14.2 Å². The predicted octanol–water partition coefficient (Wildman–Crippen LogP) is 12.6. The molecule has 0 N–H and O–H groups in total. The lowest BCUT2D eigenvalue weighted by Gasteiger charge is -2.18. The zero-order valence-corrected chi connectivity index (χ0v) is 32.4. The van der Waals surface area contributed by atoms with Gasteiger partial charge in [-0.25, -0.2) is 0 Å². The lowest BCUT2D eigenvalue weighted by molar-refractivity contribution is -0.167. The van der Waals surface area contributed by atoms with E-state index in [9.17, 15) is 14.4 Å². The van der Waals surface area contributed by atoms with Gasteiger partial charge in [-0.15, -0.1) is 0 Å². The molecule has 50 heavy (non-hydrogen) atoms. The molecule has 0 aromatic heterocycles. The van der Waals surface area contributed by atoms with Crippen LogP contribution in [0.25, 0.3) is 0 Å². The number of ether oxygens (including phenoxy) is 3. The molecule has 1 unspecified atom stereocenters. The molecular formula is C44H74O6. The molecule has 6 heteroatoms. The van der Waals surface area contributed by atoms with Crippen molar-refractivity contribution in [3.05, 3.63) is 60.8 Å². The topological polar surface area (TPSA) is 78.9 Å². The molecule has 0 radical (unpaired) electrons. The van der Waals surface area contributed by atoms with Gasteiger partial charge in [0.15, 0.2) is 6.10 Å². The number of rotatable bonds is 35. The van der Waals surface area contributed by atoms with Crippen LogP contribution in [0.15, 0.2) is 60.8 Å². The summed E-state index contributed by atoms with van der Waals surface area (Å²) in [5, 5.41) is 0. The van der Waals surface area contributed by atoms with Crippen molar-refractivity contribution in [1.82, 2.24) is 0 Å². The van der Waals surface area contributed by atoms with Crippen LogP contribution < -0.4 is 0 Å². The molecule has 0 aliphatic rings. The standard InChI is InChI=1S/C44H74O6/c1-4-7-10-13-15-17-18-19-20-21-22-23-24-25-26-27-29-31-34-37-43(46)49-40-41(39-48-42(45)36-33-30-12-9-6-3)50-44(47)38-35-32-28-16-14-11-8-5-2/h7,10,15,17,19-20,22-23,25-26,41H,4-6,8-9,11-14,16,18,21,24,27-40H2,1-3H3/b10-7-,17-15-,20-19-,23-22-,26-25-. The zero-order chi connectivity index (χ0) is 36.6. The molecule has 0 amide bonds. The second-order valence-corrected chi connectivity index (χ2v) is 13.2. The molecule has 0 saturated heterocycles. The van der Waals surface area contributed by atoms with Gasteiger partial charge in [0.05, 0.1) is 0 Å². The Balaban J connectivity index is 4.27. The van der Waals surface area contributed by atoms with Crippen molar-refractivity contribution in [2.45, 2.75) is 187 Å². The van der Waals surface area contributed by atoms with Crippen LogP contribution in [-0.2, 0) is 28.6 Å². The molecular weight excluding hydrogens is 624 g/mol. The zero-order valence-electron chi connectivity index (χ0n) is 32.4. The van der Waals surface area contributed by atoms with Gasteiger partial charge >= 0.3 is 17.9 Å². The van der Waals surface area contributed by atoms with E-state index in [1.807, 2.05) is 0 Å². The Morgan fingerprint density at radius 1 is 0.420 bits per heavy atom. The Kier molecular flexibility index (Phi) is 36.7. The number of unbranched alkanes of at least 4 members (excludes halogenated alkanes) is 14. The average molecular weight is 699 g/mol. The van der Waals surface area contributed by atoms with Crippen molar-refractivity contribution in [2.24, 2.45) is 0 Å². The first kappa shape index (κ1) is 47.1. The number of hydrogen-bond acceptors (Lipinski definition) is 6. The normalized spacial score (nSPS) is 12.6. The molecule has 0 heterocycles. The number of allylic oxidation sites excluding steroid dienone is 10. The lowest BCUT2D eigenvalue weighted by Crippen LogP contribution is -2.30. The lowest BCUT2D eigenvalue weighted by atomic mass is 10.1. The Morgan fingerprint density at radius 3 is 1.22 bits per heavy atom. The van der Waals surface area contributed by atoms with Crippen LogP contribution >= 0.6 is 0 Å². The molecule has 0 aromatic rings. The molecule has 0 spiro atoms. The highest BCUT2D eigenvalue weighted by Crippen LogP contribution is 2.12. The molecule has 0 aliphatic carbocycles. The molecule has 0 rings (SSSR count). The van der Waals surface area contributed by atoms with Gasteiger partial charge in [-0.05, 0) is 64.2 Å². The van der Waals surface area contributed by atoms with Gasteiger partial charge in [-0.1, -0.05) is 159 Å². The predicted molar refractivity (Wildman–Crippen MR) is 210 cm³/mol. The third-order valence-electron chi connectivity index (χ3n) is 8.29. The molecule has 0 fully saturated rings. The highest BCUT2D eigenvalue weighted by Gasteiger charge is 2.19. The number of carbonyl (C=O) groups excluding carboxylic acids is 3. The van der Waals surface area contributed by atoms with E-state index in [1.54, 1.807) is 0 Å². The maximum Gasteiger partial charge on any atom is 0.306 e. The summed E-state index contributed by atoms with van der Waals surface area (Å²) in [6, 6.07) is 0. The average Bonchev–Trinajstić information content (AvgIpc) is 3.11. The van der Waals surface area contributed by atoms with Crippen LogP contribution in [0.5, 0.6) is 0 Å². The van der Waals surface area contributed by atoms with E-state index in [0.717, 1.165) is 103 Å². The van der Waals surface area contributed by atoms with Crippen molar-refractivity contribution >= 4 is 17.9 Å². The highest BCUT2D eigenvalue weighted by atomic mass is 16.6. The second kappa shape index (κ2) is 38.9. The fourth-order valence-corrected chi connectivity index (χ4v) is 5.23. The monoisotopic (exact) mass is 699 g/mol. The summed E-state index contributed by atoms with van der Waals surface area (Å²) in [7, 11) is 0. The van der Waals surface area contributed by atoms with Crippen molar-refractivity contribution in [3.63, 3.8) is 0 Å². The molecule has 0 bridgehead atoms. The van der Waals surface area contributed by atoms with Crippen molar-refractivity contribution in [3.8, 4) is 0 Å². The minimum Gasteiger partial charge on any atom is -0.462 e. The van der Waals surface area contributed by atoms with E-state index in [-0.39, 0.29) is 31.1 Å². The maximum absolute atomic E-state index is 12.5. The van der Waals surface area contributed by atoms with Gasteiger partial charge < -0.3 is 14.2 Å². The molecule has 0 aliphatic heterocycles. The fraction of sp³-hybridized carbons (Fsp3) is 0.705. The van der Waals surface area contributed by atoms with Gasteiger partial charge in [0.25, 0.3) is 0 Å². The smallest absolute Gasteiger partial charge is 0.306 e. The van der Waals surface area contributed by atoms with Crippen LogP contribution in [0.3, 0.4) is 0 Å². The number of esters is 3. The third-order valence-corrected chi connectivity index (χ3v) is 8.29. The summed E-state index contributed by atoms with van der Waals surface area (Å²) in [5.74, 6) is -0.946. The molecule has 0 aromatic carbocycles. The first-order valence-corrected chi connectivity index (χ1v) is 20.3. The largest absolute Gasteiger partial charge is 0.462 e. The van der Waals surface area contributed by atoms with E-state index >= 15 is 0 Å². The van der Waals surface area contributed by atoms with Crippen LogP contribution in [-0.4, -0.2) is 37.2 Å². The summed E-state index contributed by atoms with van der Waals surface area (Å²) in [4.78, 5) is 37.2. The van der Waals surface area contributed by atoms with E-state index < -0.39 is 6.10 Å². The summed E-state index contributed by atoms with van der Waals surface area (Å²) in [6.45, 7) is 6.34. The Morgan fingerprint density at radius 2 is 0.780 bits per heavy atom. The molecule has 6 nitrogen and oxygen atoms in total. The van der Waals surface area contributed by atoms with Gasteiger partial charge in [0.1, 0.15) is 13.2 Å². The van der Waals surface area contributed by atoms with Crippen LogP contribution in [0, 0.1) is 0 Å². The summed E-state index contributed by atoms with van der Waals surface area (Å²) >= 11 is 0. The molecule has 0 saturated carbocycles. The van der Waals surface area contributed by atoms with Crippen molar-refractivity contribution in [1.29, 1.82) is 0 Å². The van der Waals surface area contributed by atoms with Gasteiger partial charge in [-0.3, -0.25) is 14.4 Å². The van der Waals surface area contributed by atoms with Crippen LogP contribution in [0.1, 0.15) is 181 Å². The number of carbonyl (C=O) groups is 3. The van der Waals surface area contributed by atoms with Crippen LogP contribution in [0.4, 0.5) is 0 Å². The first-order valence-electron chi connectivity index (χ1n) is 20.3. The van der Waals surface area contributed by atoms with Crippen LogP contribution in [0.2, 0.25) is 0 Å². The second-order valence-electron chi connectivity index (χ2n) is 13.2. The first-order chi connectivity index (χ1) is 24.5. The van der Waals surface area contributed by atoms with E-state index in [0.29, 0.717) is 19.3 Å². The minimum absolute atomic E-state index is 0.0858. The quantitative estimate of drug-likeness (QED) is 0.0284. The molecule has 286 valence electrons. The van der Waals surface area contributed by atoms with Gasteiger partial charge in [-0.2, -0.15) is 0 Å². The Hall–Kier alpha value is -2.89. The summed E-state index contributed by atoms with van der Waals surface area (Å²) < 4.78 is 16.5. The SMILES string of the molecule is CC/C=C\C/C=C\C/C=C\C/C=C\C/C=C\CCCCCC(=O)OCC(COC(=O)CCCCCCC)OC(=O)CCCCCCCCCC. The minimum atomic E-state index is -0.778. The van der Waals surface area contributed by atoms with E-state index in [2.05, 4.69) is 81.5 Å².